The average molecular weight is 1050 g/mol. The number of aliphatic hydroxyl groups is 5. The number of ether oxygens (including phenoxy) is 2. The van der Waals surface area contributed by atoms with Gasteiger partial charge in [-0.15, -0.1) is 0 Å². The molecule has 12 nitrogen and oxygen atoms in total. The maximum absolute atomic E-state index is 12.9. The zero-order chi connectivity index (χ0) is 53.3. The molecule has 0 heterocycles. The first kappa shape index (κ1) is 69.1. The molecule has 0 bridgehead atoms. The van der Waals surface area contributed by atoms with Crippen LogP contribution in [0.25, 0.3) is 0 Å². The minimum Gasteiger partial charge on any atom is -0.457 e. The van der Waals surface area contributed by atoms with E-state index in [1.165, 1.54) is 128 Å². The Hall–Kier alpha value is -1.96. The van der Waals surface area contributed by atoms with Gasteiger partial charge in [-0.3, -0.25) is 13.8 Å². The van der Waals surface area contributed by atoms with Gasteiger partial charge in [0.25, 0.3) is 0 Å². The van der Waals surface area contributed by atoms with Crippen LogP contribution in [0.15, 0.2) is 60.8 Å². The maximum atomic E-state index is 12.9. The number of hydrogen-bond donors (Lipinski definition) is 6. The van der Waals surface area contributed by atoms with Crippen molar-refractivity contribution in [2.75, 3.05) is 19.8 Å². The van der Waals surface area contributed by atoms with Crippen LogP contribution in [-0.2, 0) is 27.9 Å². The summed E-state index contributed by atoms with van der Waals surface area (Å²) in [7, 11) is -5.03. The lowest BCUT2D eigenvalue weighted by Crippen LogP contribution is -2.64. The van der Waals surface area contributed by atoms with E-state index in [2.05, 4.69) is 74.6 Å². The number of unbranched alkanes of at least 4 members (excludes halogenated alkanes) is 29. The van der Waals surface area contributed by atoms with E-state index in [4.69, 9.17) is 18.5 Å². The largest absolute Gasteiger partial charge is 0.472 e. The maximum Gasteiger partial charge on any atom is 0.472 e. The van der Waals surface area contributed by atoms with Crippen molar-refractivity contribution < 1.29 is 58.3 Å². The fourth-order valence-electron chi connectivity index (χ4n) is 9.03. The minimum absolute atomic E-state index is 0.0804. The van der Waals surface area contributed by atoms with Crippen molar-refractivity contribution in [2.24, 2.45) is 0 Å². The lowest BCUT2D eigenvalue weighted by atomic mass is 9.85. The lowest BCUT2D eigenvalue weighted by Gasteiger charge is -2.41. The molecule has 0 aromatic carbocycles. The van der Waals surface area contributed by atoms with Crippen LogP contribution in [0.1, 0.15) is 251 Å². The third-order valence-corrected chi connectivity index (χ3v) is 14.6. The summed E-state index contributed by atoms with van der Waals surface area (Å²) >= 11 is 0. The monoisotopic (exact) mass is 1050 g/mol. The van der Waals surface area contributed by atoms with Gasteiger partial charge in [-0.2, -0.15) is 0 Å². The second-order valence-corrected chi connectivity index (χ2v) is 21.9. The molecule has 0 aliphatic heterocycles. The highest BCUT2D eigenvalue weighted by atomic mass is 31.2. The van der Waals surface area contributed by atoms with E-state index in [9.17, 15) is 39.8 Å². The van der Waals surface area contributed by atoms with Crippen molar-refractivity contribution in [3.63, 3.8) is 0 Å². The molecule has 0 spiro atoms. The molecular formula is C60H109O12P. The van der Waals surface area contributed by atoms with Crippen LogP contribution in [-0.4, -0.2) is 98.9 Å². The van der Waals surface area contributed by atoms with Crippen LogP contribution in [0.2, 0.25) is 0 Å². The summed E-state index contributed by atoms with van der Waals surface area (Å²) in [4.78, 5) is 23.3. The second-order valence-electron chi connectivity index (χ2n) is 20.5. The van der Waals surface area contributed by atoms with E-state index < -0.39 is 63.1 Å². The molecule has 0 aromatic heterocycles. The predicted molar refractivity (Wildman–Crippen MR) is 299 cm³/mol. The van der Waals surface area contributed by atoms with Crippen molar-refractivity contribution in [2.45, 2.75) is 294 Å². The molecule has 0 aromatic rings. The fourth-order valence-corrected chi connectivity index (χ4v) is 10.0. The molecule has 1 fully saturated rings. The van der Waals surface area contributed by atoms with Crippen LogP contribution in [0, 0.1) is 0 Å². The molecule has 0 radical (unpaired) electrons. The van der Waals surface area contributed by atoms with Crippen molar-refractivity contribution >= 4 is 13.8 Å². The first-order valence-corrected chi connectivity index (χ1v) is 31.1. The third kappa shape index (κ3) is 40.9. The predicted octanol–water partition coefficient (Wildman–Crippen LogP) is 14.5. The van der Waals surface area contributed by atoms with E-state index in [1.807, 2.05) is 0 Å². The van der Waals surface area contributed by atoms with Gasteiger partial charge >= 0.3 is 13.8 Å². The van der Waals surface area contributed by atoms with Gasteiger partial charge in [-0.1, -0.05) is 248 Å². The Labute approximate surface area is 445 Å². The Morgan fingerprint density at radius 3 is 1.23 bits per heavy atom. The normalized spacial score (nSPS) is 20.9. The van der Waals surface area contributed by atoms with E-state index in [1.54, 1.807) is 0 Å². The summed E-state index contributed by atoms with van der Waals surface area (Å²) in [5.74, 6) is -0.485. The molecule has 6 N–H and O–H groups in total. The summed E-state index contributed by atoms with van der Waals surface area (Å²) < 4.78 is 34.4. The van der Waals surface area contributed by atoms with Gasteiger partial charge in [-0.25, -0.2) is 4.57 Å². The third-order valence-electron chi connectivity index (χ3n) is 13.7. The average Bonchev–Trinajstić information content (AvgIpc) is 3.38. The quantitative estimate of drug-likeness (QED) is 0.0146. The molecule has 0 saturated heterocycles. The molecule has 1 aliphatic rings. The van der Waals surface area contributed by atoms with Gasteiger partial charge in [0.1, 0.15) is 42.7 Å². The van der Waals surface area contributed by atoms with E-state index in [-0.39, 0.29) is 13.0 Å². The molecule has 1 aliphatic carbocycles. The van der Waals surface area contributed by atoms with E-state index in [0.717, 1.165) is 96.3 Å². The van der Waals surface area contributed by atoms with Crippen molar-refractivity contribution in [3.8, 4) is 0 Å². The number of carbonyl (C=O) groups is 1. The highest BCUT2D eigenvalue weighted by molar-refractivity contribution is 7.47. The summed E-state index contributed by atoms with van der Waals surface area (Å²) in [6, 6.07) is 0. The first-order chi connectivity index (χ1) is 35.5. The summed E-state index contributed by atoms with van der Waals surface area (Å²) in [5.41, 5.74) is 0. The fraction of sp³-hybridized carbons (Fsp3) is 0.817. The Morgan fingerprint density at radius 2 is 0.808 bits per heavy atom. The second kappa shape index (κ2) is 49.6. The smallest absolute Gasteiger partial charge is 0.457 e. The molecule has 1 rings (SSSR count). The topological polar surface area (TPSA) is 192 Å². The van der Waals surface area contributed by atoms with Gasteiger partial charge in [0.05, 0.1) is 13.2 Å². The summed E-state index contributed by atoms with van der Waals surface area (Å²) in [6.07, 6.45) is 52.9. The Morgan fingerprint density at radius 1 is 0.452 bits per heavy atom. The molecule has 1 saturated carbocycles. The molecule has 13 heteroatoms. The van der Waals surface area contributed by atoms with E-state index in [0.29, 0.717) is 13.0 Å². The van der Waals surface area contributed by atoms with Crippen LogP contribution < -0.4 is 0 Å². The van der Waals surface area contributed by atoms with Crippen LogP contribution in [0.3, 0.4) is 0 Å². The van der Waals surface area contributed by atoms with Crippen molar-refractivity contribution in [1.82, 2.24) is 0 Å². The SMILES string of the molecule is CC/C=C\C/C=C\C/C=C\C/C=C\C/C=C\CCCCCCCCCC(=O)OC(COCCCCCCCCCCCCCCCCCCCCCCCCC)COP(=O)(O)OC1C(O)C(O)C(O)C(O)C1O. The van der Waals surface area contributed by atoms with E-state index >= 15 is 0 Å². The molecule has 73 heavy (non-hydrogen) atoms. The standard InChI is InChI=1S/C60H109O12P/c1-3-5-7-9-11-13-15-17-19-21-23-25-27-29-31-33-35-37-39-41-43-45-47-49-54(61)71-53(52-70-73(67,68)72-60-58(65)56(63)55(62)57(64)59(60)66)51-69-50-48-46-44-42-40-38-36-34-32-30-28-26-24-22-20-18-16-14-12-10-8-6-4-2/h5,7,11,13,17,19,23,25,29,31,53,55-60,62-66H,3-4,6,8-10,12,14-16,18,20-22,24,26-28,30,32-52H2,1-2H3,(H,67,68)/b7-5-,13-11-,19-17-,25-23-,31-29-. The molecule has 6 atom stereocenters. The van der Waals surface area contributed by atoms with Gasteiger partial charge < -0.3 is 39.9 Å². The van der Waals surface area contributed by atoms with Crippen LogP contribution in [0.4, 0.5) is 0 Å². The number of rotatable bonds is 51. The Balaban J connectivity index is 2.28. The number of aliphatic hydroxyl groups excluding tert-OH is 5. The van der Waals surface area contributed by atoms with Gasteiger partial charge in [-0.05, 0) is 57.8 Å². The van der Waals surface area contributed by atoms with Gasteiger partial charge in [0.15, 0.2) is 0 Å². The Bertz CT molecular complexity index is 1430. The first-order valence-electron chi connectivity index (χ1n) is 29.6. The van der Waals surface area contributed by atoms with Gasteiger partial charge in [0.2, 0.25) is 0 Å². The van der Waals surface area contributed by atoms with Crippen molar-refractivity contribution in [1.29, 1.82) is 0 Å². The highest BCUT2D eigenvalue weighted by Gasteiger charge is 2.51. The molecule has 426 valence electrons. The number of esters is 1. The van der Waals surface area contributed by atoms with Crippen LogP contribution >= 0.6 is 7.82 Å². The molecule has 0 amide bonds. The summed E-state index contributed by atoms with van der Waals surface area (Å²) in [6.45, 7) is 4.18. The number of carbonyl (C=O) groups excluding carboxylic acids is 1. The zero-order valence-electron chi connectivity index (χ0n) is 46.2. The Kier molecular flexibility index (Phi) is 46.9. The molecular weight excluding hydrogens is 944 g/mol. The lowest BCUT2D eigenvalue weighted by molar-refractivity contribution is -0.220. The number of hydrogen-bond acceptors (Lipinski definition) is 11. The molecule has 6 unspecified atom stereocenters. The van der Waals surface area contributed by atoms with Crippen molar-refractivity contribution in [3.05, 3.63) is 60.8 Å². The highest BCUT2D eigenvalue weighted by Crippen LogP contribution is 2.47. The number of allylic oxidation sites excluding steroid dienone is 10. The summed E-state index contributed by atoms with van der Waals surface area (Å²) in [5, 5.41) is 50.5. The van der Waals surface area contributed by atoms with Crippen LogP contribution in [0.5, 0.6) is 0 Å². The number of phosphoric ester groups is 1. The van der Waals surface area contributed by atoms with Gasteiger partial charge in [0, 0.05) is 13.0 Å². The number of phosphoric acid groups is 1. The zero-order valence-corrected chi connectivity index (χ0v) is 47.1. The minimum atomic E-state index is -5.03.